The Labute approximate surface area is 240 Å². The third-order valence-electron chi connectivity index (χ3n) is 8.43. The average Bonchev–Trinajstić information content (AvgIpc) is 2.96. The number of amides is 2. The molecule has 1 saturated carbocycles. The van der Waals surface area contributed by atoms with Crippen LogP contribution in [0.25, 0.3) is 0 Å². The standard InChI is InChI=1S/C33H48N4O3/c1-25(2)36-23-29-20-27(11-15-31(29)40-19-6-4-5-18-35-32(38)24-36)12-16-33(39)37(22-28-8-7-17-34-21-28)30-13-9-26(3)10-14-30/h7-8,11,15,17,20-21,25-26,30H,4-6,9-10,12-14,16,18-19,22-24H2,1-3H3,(H,35,38). The normalized spacial score (nSPS) is 21.2. The summed E-state index contributed by atoms with van der Waals surface area (Å²) < 4.78 is 6.22. The van der Waals surface area contributed by atoms with Crippen molar-refractivity contribution < 1.29 is 14.3 Å². The van der Waals surface area contributed by atoms with Gasteiger partial charge in [-0.2, -0.15) is 0 Å². The van der Waals surface area contributed by atoms with Crippen molar-refractivity contribution in [3.63, 3.8) is 0 Å². The number of hydrogen-bond donors (Lipinski definition) is 1. The third-order valence-corrected chi connectivity index (χ3v) is 8.43. The summed E-state index contributed by atoms with van der Waals surface area (Å²) in [6, 6.07) is 10.9. The summed E-state index contributed by atoms with van der Waals surface area (Å²) in [5, 5.41) is 3.06. The van der Waals surface area contributed by atoms with Crippen molar-refractivity contribution in [3.05, 3.63) is 59.4 Å². The summed E-state index contributed by atoms with van der Waals surface area (Å²) >= 11 is 0. The minimum absolute atomic E-state index is 0.0722. The number of carbonyl (C=O) groups is 2. The number of nitrogens with zero attached hydrogens (tertiary/aromatic N) is 3. The van der Waals surface area contributed by atoms with E-state index >= 15 is 0 Å². The summed E-state index contributed by atoms with van der Waals surface area (Å²) in [6.07, 6.45) is 12.3. The monoisotopic (exact) mass is 548 g/mol. The number of nitrogens with one attached hydrogen (secondary N) is 1. The van der Waals surface area contributed by atoms with Crippen LogP contribution in [0, 0.1) is 5.92 Å². The topological polar surface area (TPSA) is 74.8 Å². The second kappa shape index (κ2) is 15.2. The fourth-order valence-electron chi connectivity index (χ4n) is 5.80. The Morgan fingerprint density at radius 2 is 1.93 bits per heavy atom. The van der Waals surface area contributed by atoms with E-state index in [1.165, 1.54) is 12.8 Å². The Balaban J connectivity index is 1.48. The van der Waals surface area contributed by atoms with E-state index in [4.69, 9.17) is 4.74 Å². The Hall–Kier alpha value is -2.93. The molecule has 4 rings (SSSR count). The van der Waals surface area contributed by atoms with Gasteiger partial charge in [-0.1, -0.05) is 25.1 Å². The van der Waals surface area contributed by atoms with E-state index in [1.807, 2.05) is 12.3 Å². The molecule has 1 fully saturated rings. The molecule has 1 aromatic carbocycles. The number of aromatic nitrogens is 1. The summed E-state index contributed by atoms with van der Waals surface area (Å²) in [4.78, 5) is 34.8. The van der Waals surface area contributed by atoms with E-state index in [1.54, 1.807) is 6.20 Å². The van der Waals surface area contributed by atoms with Crippen molar-refractivity contribution in [2.75, 3.05) is 19.7 Å². The quantitative estimate of drug-likeness (QED) is 0.494. The molecule has 2 aliphatic rings. The molecule has 0 atom stereocenters. The molecule has 7 heteroatoms. The average molecular weight is 549 g/mol. The SMILES string of the molecule is CC1CCC(N(Cc2cccnc2)C(=O)CCc2ccc3c(c2)CN(C(C)C)CC(=O)NCCCCCO3)CC1. The third kappa shape index (κ3) is 9.05. The maximum Gasteiger partial charge on any atom is 0.234 e. The zero-order chi connectivity index (χ0) is 28.3. The van der Waals surface area contributed by atoms with Crippen LogP contribution in [0.5, 0.6) is 5.75 Å². The van der Waals surface area contributed by atoms with Gasteiger partial charge in [0, 0.05) is 56.1 Å². The van der Waals surface area contributed by atoms with Crippen LogP contribution in [-0.4, -0.2) is 58.4 Å². The predicted octanol–water partition coefficient (Wildman–Crippen LogP) is 5.51. The van der Waals surface area contributed by atoms with Crippen LogP contribution in [0.1, 0.15) is 88.8 Å². The molecule has 40 heavy (non-hydrogen) atoms. The van der Waals surface area contributed by atoms with Gasteiger partial charge in [-0.25, -0.2) is 0 Å². The molecule has 2 amide bonds. The smallest absolute Gasteiger partial charge is 0.234 e. The van der Waals surface area contributed by atoms with Crippen molar-refractivity contribution in [1.82, 2.24) is 20.1 Å². The molecule has 1 N–H and O–H groups in total. The van der Waals surface area contributed by atoms with E-state index in [-0.39, 0.29) is 17.9 Å². The van der Waals surface area contributed by atoms with Gasteiger partial charge in [0.15, 0.2) is 0 Å². The first-order valence-corrected chi connectivity index (χ1v) is 15.3. The molecule has 1 aliphatic carbocycles. The summed E-state index contributed by atoms with van der Waals surface area (Å²) in [6.45, 7) is 9.56. The van der Waals surface area contributed by atoms with Crippen LogP contribution in [0.4, 0.5) is 0 Å². The predicted molar refractivity (Wildman–Crippen MR) is 159 cm³/mol. The zero-order valence-electron chi connectivity index (χ0n) is 24.7. The van der Waals surface area contributed by atoms with Crippen molar-refractivity contribution in [1.29, 1.82) is 0 Å². The largest absolute Gasteiger partial charge is 0.493 e. The number of carbonyl (C=O) groups excluding carboxylic acids is 2. The maximum absolute atomic E-state index is 13.7. The zero-order valence-corrected chi connectivity index (χ0v) is 24.7. The second-order valence-electron chi connectivity index (χ2n) is 12.0. The summed E-state index contributed by atoms with van der Waals surface area (Å²) in [7, 11) is 0. The molecule has 0 radical (unpaired) electrons. The minimum atomic E-state index is 0.0722. The number of benzene rings is 1. The lowest BCUT2D eigenvalue weighted by Crippen LogP contribution is -2.42. The van der Waals surface area contributed by atoms with Crippen molar-refractivity contribution in [2.24, 2.45) is 5.92 Å². The Bertz CT molecular complexity index is 1080. The van der Waals surface area contributed by atoms with Gasteiger partial charge in [-0.15, -0.1) is 0 Å². The number of hydrogen-bond acceptors (Lipinski definition) is 5. The van der Waals surface area contributed by atoms with E-state index in [0.717, 1.165) is 60.5 Å². The number of fused-ring (bicyclic) bond motifs is 1. The molecular weight excluding hydrogens is 500 g/mol. The molecule has 7 nitrogen and oxygen atoms in total. The van der Waals surface area contributed by atoms with E-state index in [0.29, 0.717) is 51.7 Å². The first kappa shape index (κ1) is 30.0. The van der Waals surface area contributed by atoms with Crippen LogP contribution in [0.2, 0.25) is 0 Å². The van der Waals surface area contributed by atoms with Gasteiger partial charge in [0.05, 0.1) is 13.2 Å². The molecule has 0 bridgehead atoms. The van der Waals surface area contributed by atoms with Crippen LogP contribution in [-0.2, 0) is 29.1 Å². The van der Waals surface area contributed by atoms with Crippen molar-refractivity contribution in [3.8, 4) is 5.75 Å². The van der Waals surface area contributed by atoms with Gasteiger partial charge >= 0.3 is 0 Å². The Kier molecular flexibility index (Phi) is 11.4. The fraction of sp³-hybridized carbons (Fsp3) is 0.606. The molecule has 1 aromatic heterocycles. The molecule has 0 spiro atoms. The van der Waals surface area contributed by atoms with Gasteiger partial charge < -0.3 is 15.0 Å². The van der Waals surface area contributed by atoms with Gasteiger partial charge in [-0.3, -0.25) is 19.5 Å². The number of ether oxygens (including phenoxy) is 1. The first-order chi connectivity index (χ1) is 19.4. The van der Waals surface area contributed by atoms with E-state index in [2.05, 4.69) is 65.1 Å². The molecule has 218 valence electrons. The lowest BCUT2D eigenvalue weighted by atomic mass is 9.86. The molecule has 2 heterocycles. The maximum atomic E-state index is 13.7. The Morgan fingerprint density at radius 3 is 2.67 bits per heavy atom. The number of rotatable bonds is 7. The van der Waals surface area contributed by atoms with Gasteiger partial charge in [0.25, 0.3) is 0 Å². The minimum Gasteiger partial charge on any atom is -0.493 e. The highest BCUT2D eigenvalue weighted by molar-refractivity contribution is 5.78. The highest BCUT2D eigenvalue weighted by Gasteiger charge is 2.27. The van der Waals surface area contributed by atoms with Gasteiger partial charge in [0.2, 0.25) is 11.8 Å². The Morgan fingerprint density at radius 1 is 1.10 bits per heavy atom. The van der Waals surface area contributed by atoms with E-state index in [9.17, 15) is 9.59 Å². The van der Waals surface area contributed by atoms with Crippen molar-refractivity contribution >= 4 is 11.8 Å². The van der Waals surface area contributed by atoms with Gasteiger partial charge in [0.1, 0.15) is 5.75 Å². The molecule has 2 aromatic rings. The van der Waals surface area contributed by atoms with Crippen LogP contribution < -0.4 is 10.1 Å². The lowest BCUT2D eigenvalue weighted by Gasteiger charge is -2.36. The molecule has 0 unspecified atom stereocenters. The lowest BCUT2D eigenvalue weighted by molar-refractivity contribution is -0.135. The number of aryl methyl sites for hydroxylation is 1. The molecule has 0 saturated heterocycles. The van der Waals surface area contributed by atoms with Crippen LogP contribution in [0.3, 0.4) is 0 Å². The summed E-state index contributed by atoms with van der Waals surface area (Å²) in [5.41, 5.74) is 3.30. The number of pyridine rings is 1. The molecule has 1 aliphatic heterocycles. The van der Waals surface area contributed by atoms with Crippen LogP contribution >= 0.6 is 0 Å². The van der Waals surface area contributed by atoms with Crippen molar-refractivity contribution in [2.45, 2.75) is 104 Å². The van der Waals surface area contributed by atoms with E-state index < -0.39 is 0 Å². The second-order valence-corrected chi connectivity index (χ2v) is 12.0. The summed E-state index contributed by atoms with van der Waals surface area (Å²) in [5.74, 6) is 1.91. The fourth-order valence-corrected chi connectivity index (χ4v) is 5.80. The van der Waals surface area contributed by atoms with Gasteiger partial charge in [-0.05, 0) is 94.4 Å². The highest BCUT2D eigenvalue weighted by Crippen LogP contribution is 2.29. The van der Waals surface area contributed by atoms with Crippen LogP contribution in [0.15, 0.2) is 42.7 Å². The first-order valence-electron chi connectivity index (χ1n) is 15.3. The highest BCUT2D eigenvalue weighted by atomic mass is 16.5. The molecular formula is C33H48N4O3.